The highest BCUT2D eigenvalue weighted by molar-refractivity contribution is 5.92. The Hall–Kier alpha value is -2.37. The molecule has 1 N–H and O–H groups in total. The summed E-state index contributed by atoms with van der Waals surface area (Å²) in [4.78, 5) is 36.5. The Balaban J connectivity index is 1.76. The minimum Gasteiger partial charge on any atom is -0.452 e. The zero-order valence-electron chi connectivity index (χ0n) is 12.8. The van der Waals surface area contributed by atoms with Gasteiger partial charge in [0.15, 0.2) is 6.61 Å². The first kappa shape index (κ1) is 16.0. The first-order valence-electron chi connectivity index (χ1n) is 7.23. The summed E-state index contributed by atoms with van der Waals surface area (Å²) in [5.41, 5.74) is 1.34. The van der Waals surface area contributed by atoms with Gasteiger partial charge < -0.3 is 15.0 Å². The fourth-order valence-corrected chi connectivity index (χ4v) is 1.90. The summed E-state index contributed by atoms with van der Waals surface area (Å²) in [6.45, 7) is 1.46. The minimum atomic E-state index is -0.548. The van der Waals surface area contributed by atoms with Crippen molar-refractivity contribution in [3.05, 3.63) is 35.4 Å². The maximum atomic E-state index is 11.9. The monoisotopic (exact) mass is 304 g/mol. The Labute approximate surface area is 129 Å². The van der Waals surface area contributed by atoms with Gasteiger partial charge >= 0.3 is 5.97 Å². The summed E-state index contributed by atoms with van der Waals surface area (Å²) in [5.74, 6) is -1.15. The van der Waals surface area contributed by atoms with E-state index in [1.807, 2.05) is 13.0 Å². The van der Waals surface area contributed by atoms with E-state index in [0.29, 0.717) is 5.56 Å². The van der Waals surface area contributed by atoms with Crippen LogP contribution < -0.4 is 5.32 Å². The summed E-state index contributed by atoms with van der Waals surface area (Å²) in [6.07, 6.45) is 2.00. The lowest BCUT2D eigenvalue weighted by atomic mass is 10.1. The van der Waals surface area contributed by atoms with Crippen molar-refractivity contribution in [3.63, 3.8) is 0 Å². The topological polar surface area (TPSA) is 75.7 Å². The average molecular weight is 304 g/mol. The Morgan fingerprint density at radius 2 is 2.05 bits per heavy atom. The van der Waals surface area contributed by atoms with Gasteiger partial charge in [0, 0.05) is 13.1 Å². The molecule has 6 nitrogen and oxygen atoms in total. The van der Waals surface area contributed by atoms with Crippen LogP contribution in [0.2, 0.25) is 0 Å². The number of esters is 1. The summed E-state index contributed by atoms with van der Waals surface area (Å²) in [5, 5.41) is 2.80. The molecule has 6 heteroatoms. The van der Waals surface area contributed by atoms with Crippen molar-refractivity contribution in [3.8, 4) is 0 Å². The Kier molecular flexibility index (Phi) is 5.14. The van der Waals surface area contributed by atoms with Crippen LogP contribution in [0.15, 0.2) is 24.3 Å². The number of ether oxygens (including phenoxy) is 1. The van der Waals surface area contributed by atoms with Gasteiger partial charge in [0.25, 0.3) is 5.91 Å². The van der Waals surface area contributed by atoms with E-state index in [1.54, 1.807) is 18.2 Å². The van der Waals surface area contributed by atoms with E-state index in [4.69, 9.17) is 4.74 Å². The van der Waals surface area contributed by atoms with E-state index in [9.17, 15) is 14.4 Å². The van der Waals surface area contributed by atoms with Crippen molar-refractivity contribution in [1.82, 2.24) is 10.2 Å². The fraction of sp³-hybridized carbons (Fsp3) is 0.438. The Bertz CT molecular complexity index is 581. The fourth-order valence-electron chi connectivity index (χ4n) is 1.90. The molecule has 1 aromatic rings. The first-order valence-corrected chi connectivity index (χ1v) is 7.23. The third-order valence-corrected chi connectivity index (χ3v) is 3.33. The first-order chi connectivity index (χ1) is 10.5. The van der Waals surface area contributed by atoms with Crippen LogP contribution in [0.5, 0.6) is 0 Å². The Morgan fingerprint density at radius 1 is 1.32 bits per heavy atom. The molecule has 0 spiro atoms. The number of benzene rings is 1. The summed E-state index contributed by atoms with van der Waals surface area (Å²) in [7, 11) is 1.51. The summed E-state index contributed by atoms with van der Waals surface area (Å²) >= 11 is 0. The second-order valence-electron chi connectivity index (χ2n) is 5.54. The molecular weight excluding hydrogens is 284 g/mol. The second kappa shape index (κ2) is 7.06. The molecule has 0 aliphatic heterocycles. The van der Waals surface area contributed by atoms with E-state index >= 15 is 0 Å². The van der Waals surface area contributed by atoms with Gasteiger partial charge in [-0.1, -0.05) is 17.7 Å². The molecule has 0 saturated heterocycles. The number of hydrogen-bond donors (Lipinski definition) is 1. The van der Waals surface area contributed by atoms with Crippen LogP contribution in [0.3, 0.4) is 0 Å². The van der Waals surface area contributed by atoms with Crippen LogP contribution in [0, 0.1) is 6.92 Å². The molecule has 0 atom stereocenters. The van der Waals surface area contributed by atoms with E-state index in [-0.39, 0.29) is 25.1 Å². The second-order valence-corrected chi connectivity index (χ2v) is 5.54. The van der Waals surface area contributed by atoms with Crippen LogP contribution in [-0.2, 0) is 14.3 Å². The van der Waals surface area contributed by atoms with Crippen LogP contribution in [0.25, 0.3) is 0 Å². The largest absolute Gasteiger partial charge is 0.452 e. The minimum absolute atomic E-state index is 0.0304. The van der Waals surface area contributed by atoms with Crippen molar-refractivity contribution >= 4 is 17.8 Å². The molecule has 0 bridgehead atoms. The molecule has 1 aromatic carbocycles. The van der Waals surface area contributed by atoms with Crippen molar-refractivity contribution in [2.45, 2.75) is 25.8 Å². The zero-order valence-corrected chi connectivity index (χ0v) is 12.8. The molecule has 2 amide bonds. The van der Waals surface area contributed by atoms with E-state index in [2.05, 4.69) is 5.32 Å². The van der Waals surface area contributed by atoms with E-state index in [1.165, 1.54) is 11.9 Å². The van der Waals surface area contributed by atoms with Gasteiger partial charge in [0.2, 0.25) is 5.91 Å². The van der Waals surface area contributed by atoms with Gasteiger partial charge in [-0.15, -0.1) is 0 Å². The zero-order chi connectivity index (χ0) is 16.1. The number of likely N-dealkylation sites (N-methyl/N-ethyl adjacent to an activating group) is 1. The number of nitrogens with zero attached hydrogens (tertiary/aromatic N) is 1. The SMILES string of the molecule is Cc1cccc(C(=O)OCC(=O)N(C)CC(=O)NC2CC2)c1. The molecule has 1 fully saturated rings. The number of hydrogen-bond acceptors (Lipinski definition) is 4. The molecule has 2 rings (SSSR count). The molecule has 0 unspecified atom stereocenters. The third kappa shape index (κ3) is 4.87. The molecule has 1 aliphatic rings. The maximum absolute atomic E-state index is 11.9. The molecule has 0 radical (unpaired) electrons. The van der Waals surface area contributed by atoms with E-state index < -0.39 is 11.9 Å². The number of aryl methyl sites for hydroxylation is 1. The van der Waals surface area contributed by atoms with Crippen LogP contribution in [0.4, 0.5) is 0 Å². The normalized spacial score (nSPS) is 13.4. The molecular formula is C16H20N2O4. The summed E-state index contributed by atoms with van der Waals surface area (Å²) < 4.78 is 4.98. The van der Waals surface area contributed by atoms with Crippen molar-refractivity contribution < 1.29 is 19.1 Å². The van der Waals surface area contributed by atoms with Crippen LogP contribution >= 0.6 is 0 Å². The smallest absolute Gasteiger partial charge is 0.338 e. The van der Waals surface area contributed by atoms with Gasteiger partial charge in [0.05, 0.1) is 12.1 Å². The lowest BCUT2D eigenvalue weighted by Gasteiger charge is -2.16. The number of carbonyl (C=O) groups excluding carboxylic acids is 3. The molecule has 22 heavy (non-hydrogen) atoms. The standard InChI is InChI=1S/C16H20N2O4/c1-11-4-3-5-12(8-11)16(21)22-10-15(20)18(2)9-14(19)17-13-6-7-13/h3-5,8,13H,6-7,9-10H2,1-2H3,(H,17,19). The van der Waals surface area contributed by atoms with Crippen LogP contribution in [-0.4, -0.2) is 48.9 Å². The number of carbonyl (C=O) groups is 3. The van der Waals surface area contributed by atoms with Gasteiger partial charge in [0.1, 0.15) is 0 Å². The number of amides is 2. The third-order valence-electron chi connectivity index (χ3n) is 3.33. The molecule has 1 saturated carbocycles. The Morgan fingerprint density at radius 3 is 2.68 bits per heavy atom. The molecule has 118 valence electrons. The van der Waals surface area contributed by atoms with Gasteiger partial charge in [-0.05, 0) is 31.9 Å². The van der Waals surface area contributed by atoms with Gasteiger partial charge in [-0.3, -0.25) is 9.59 Å². The highest BCUT2D eigenvalue weighted by atomic mass is 16.5. The summed E-state index contributed by atoms with van der Waals surface area (Å²) in [6, 6.07) is 7.21. The van der Waals surface area contributed by atoms with Crippen molar-refractivity contribution in [2.24, 2.45) is 0 Å². The lowest BCUT2D eigenvalue weighted by molar-refractivity contribution is -0.137. The van der Waals surface area contributed by atoms with Crippen molar-refractivity contribution in [1.29, 1.82) is 0 Å². The molecule has 0 heterocycles. The lowest BCUT2D eigenvalue weighted by Crippen LogP contribution is -2.40. The van der Waals surface area contributed by atoms with Crippen molar-refractivity contribution in [2.75, 3.05) is 20.2 Å². The molecule has 0 aromatic heterocycles. The quantitative estimate of drug-likeness (QED) is 0.792. The maximum Gasteiger partial charge on any atom is 0.338 e. The average Bonchev–Trinajstić information content (AvgIpc) is 3.27. The highest BCUT2D eigenvalue weighted by Gasteiger charge is 2.24. The predicted octanol–water partition coefficient (Wildman–Crippen LogP) is 0.889. The number of rotatable bonds is 6. The molecule has 1 aliphatic carbocycles. The van der Waals surface area contributed by atoms with Gasteiger partial charge in [-0.25, -0.2) is 4.79 Å². The van der Waals surface area contributed by atoms with Crippen LogP contribution in [0.1, 0.15) is 28.8 Å². The number of nitrogens with one attached hydrogen (secondary N) is 1. The highest BCUT2D eigenvalue weighted by Crippen LogP contribution is 2.18. The van der Waals surface area contributed by atoms with Gasteiger partial charge in [-0.2, -0.15) is 0 Å². The predicted molar refractivity (Wildman–Crippen MR) is 80.3 cm³/mol. The van der Waals surface area contributed by atoms with E-state index in [0.717, 1.165) is 18.4 Å².